The molecule has 0 radical (unpaired) electrons. The van der Waals surface area contributed by atoms with Gasteiger partial charge in [-0.1, -0.05) is 0 Å². The molecule has 0 aliphatic carbocycles. The minimum atomic E-state index is 0.154. The number of halogens is 1. The van der Waals surface area contributed by atoms with Gasteiger partial charge in [0, 0.05) is 14.7 Å². The Morgan fingerprint density at radius 2 is 1.13 bits per heavy atom. The van der Waals surface area contributed by atoms with E-state index >= 15 is 0 Å². The third-order valence-electron chi connectivity index (χ3n) is 5.55. The summed E-state index contributed by atoms with van der Waals surface area (Å²) in [7, 11) is 0. The molecule has 2 heteroatoms. The summed E-state index contributed by atoms with van der Waals surface area (Å²) in [5.41, 5.74) is 11.4. The number of ketones is 1. The SMILES string of the molecule is Cc1cc(C(=O)c2c(C)c(C)c(C)c(C)c2C)c(I)c(C)c1C. The zero-order chi connectivity index (χ0) is 17.6. The van der Waals surface area contributed by atoms with Crippen LogP contribution in [0.5, 0.6) is 0 Å². The third kappa shape index (κ3) is 2.86. The van der Waals surface area contributed by atoms with Crippen molar-refractivity contribution in [2.45, 2.75) is 55.4 Å². The van der Waals surface area contributed by atoms with Crippen LogP contribution in [0.4, 0.5) is 0 Å². The summed E-state index contributed by atoms with van der Waals surface area (Å²) in [6.45, 7) is 16.8. The lowest BCUT2D eigenvalue weighted by molar-refractivity contribution is 0.103. The standard InChI is InChI=1S/C21H25IO/c1-10-9-18(20(22)17(8)11(10)2)21(23)19-15(6)13(4)12(3)14(5)16(19)7/h9H,1-8H3. The van der Waals surface area contributed by atoms with Gasteiger partial charge in [-0.05, 0) is 129 Å². The molecule has 0 N–H and O–H groups in total. The molecule has 2 aromatic carbocycles. The van der Waals surface area contributed by atoms with Crippen molar-refractivity contribution >= 4 is 28.4 Å². The number of carbonyl (C=O) groups is 1. The first-order valence-corrected chi connectivity index (χ1v) is 9.05. The van der Waals surface area contributed by atoms with Crippen LogP contribution >= 0.6 is 22.6 Å². The number of hydrogen-bond acceptors (Lipinski definition) is 1. The van der Waals surface area contributed by atoms with Gasteiger partial charge in [-0.2, -0.15) is 0 Å². The molecule has 2 aromatic rings. The highest BCUT2D eigenvalue weighted by Crippen LogP contribution is 2.31. The van der Waals surface area contributed by atoms with E-state index in [1.807, 2.05) is 0 Å². The van der Waals surface area contributed by atoms with Crippen molar-refractivity contribution in [3.8, 4) is 0 Å². The molecular weight excluding hydrogens is 395 g/mol. The number of rotatable bonds is 2. The third-order valence-corrected chi connectivity index (χ3v) is 6.94. The van der Waals surface area contributed by atoms with Crippen LogP contribution in [0.2, 0.25) is 0 Å². The second kappa shape index (κ2) is 6.39. The summed E-state index contributed by atoms with van der Waals surface area (Å²) >= 11 is 2.32. The van der Waals surface area contributed by atoms with Crippen molar-refractivity contribution in [2.75, 3.05) is 0 Å². The van der Waals surface area contributed by atoms with Crippen LogP contribution in [-0.4, -0.2) is 5.78 Å². The fraction of sp³-hybridized carbons (Fsp3) is 0.381. The van der Waals surface area contributed by atoms with Gasteiger partial charge < -0.3 is 0 Å². The molecule has 23 heavy (non-hydrogen) atoms. The van der Waals surface area contributed by atoms with E-state index < -0.39 is 0 Å². The van der Waals surface area contributed by atoms with E-state index in [9.17, 15) is 4.79 Å². The summed E-state index contributed by atoms with van der Waals surface area (Å²) in [6.07, 6.45) is 0. The molecule has 0 aromatic heterocycles. The first-order chi connectivity index (χ1) is 10.6. The van der Waals surface area contributed by atoms with Crippen LogP contribution in [0.25, 0.3) is 0 Å². The monoisotopic (exact) mass is 420 g/mol. The number of aryl methyl sites for hydroxylation is 1. The highest BCUT2D eigenvalue weighted by molar-refractivity contribution is 14.1. The van der Waals surface area contributed by atoms with Crippen molar-refractivity contribution < 1.29 is 4.79 Å². The summed E-state index contributed by atoms with van der Waals surface area (Å²) in [4.78, 5) is 13.3. The summed E-state index contributed by atoms with van der Waals surface area (Å²) in [5, 5.41) is 0. The Morgan fingerprint density at radius 3 is 1.61 bits per heavy atom. The molecule has 0 aliphatic heterocycles. The van der Waals surface area contributed by atoms with Crippen LogP contribution in [0, 0.1) is 59.0 Å². The van der Waals surface area contributed by atoms with E-state index in [2.05, 4.69) is 84.0 Å². The Hall–Kier alpha value is -1.16. The maximum absolute atomic E-state index is 13.3. The average Bonchev–Trinajstić information content (AvgIpc) is 2.52. The smallest absolute Gasteiger partial charge is 0.194 e. The van der Waals surface area contributed by atoms with Gasteiger partial charge in [0.05, 0.1) is 0 Å². The number of carbonyl (C=O) groups excluding carboxylic acids is 1. The zero-order valence-electron chi connectivity index (χ0n) is 15.4. The topological polar surface area (TPSA) is 17.1 Å². The molecule has 0 saturated carbocycles. The highest BCUT2D eigenvalue weighted by Gasteiger charge is 2.22. The van der Waals surface area contributed by atoms with E-state index in [0.717, 1.165) is 25.8 Å². The second-order valence-corrected chi connectivity index (χ2v) is 7.71. The number of hydrogen-bond donors (Lipinski definition) is 0. The molecule has 0 unspecified atom stereocenters. The van der Waals surface area contributed by atoms with E-state index in [0.29, 0.717) is 0 Å². The summed E-state index contributed by atoms with van der Waals surface area (Å²) in [5.74, 6) is 0.154. The Balaban J connectivity index is 2.78. The zero-order valence-corrected chi connectivity index (χ0v) is 17.5. The van der Waals surface area contributed by atoms with Gasteiger partial charge in [0.15, 0.2) is 5.78 Å². The van der Waals surface area contributed by atoms with Crippen molar-refractivity contribution in [3.05, 3.63) is 65.3 Å². The van der Waals surface area contributed by atoms with Gasteiger partial charge >= 0.3 is 0 Å². The average molecular weight is 420 g/mol. The van der Waals surface area contributed by atoms with Crippen molar-refractivity contribution in [1.29, 1.82) is 0 Å². The van der Waals surface area contributed by atoms with Crippen LogP contribution in [0.15, 0.2) is 6.07 Å². The predicted octanol–water partition coefficient (Wildman–Crippen LogP) is 5.99. The molecule has 122 valence electrons. The molecule has 0 saturated heterocycles. The Morgan fingerprint density at radius 1 is 0.696 bits per heavy atom. The van der Waals surface area contributed by atoms with Crippen molar-refractivity contribution in [2.24, 2.45) is 0 Å². The maximum atomic E-state index is 13.3. The molecule has 0 aliphatic rings. The van der Waals surface area contributed by atoms with E-state index in [1.165, 1.54) is 33.4 Å². The van der Waals surface area contributed by atoms with Crippen LogP contribution in [-0.2, 0) is 0 Å². The first-order valence-electron chi connectivity index (χ1n) is 7.97. The largest absolute Gasteiger partial charge is 0.289 e. The number of benzene rings is 2. The van der Waals surface area contributed by atoms with Gasteiger partial charge in [-0.25, -0.2) is 0 Å². The lowest BCUT2D eigenvalue weighted by Gasteiger charge is -2.19. The van der Waals surface area contributed by atoms with E-state index in [1.54, 1.807) is 0 Å². The minimum absolute atomic E-state index is 0.154. The Labute approximate surface area is 153 Å². The van der Waals surface area contributed by atoms with Crippen LogP contribution in [0.3, 0.4) is 0 Å². The lowest BCUT2D eigenvalue weighted by atomic mass is 9.85. The molecule has 0 spiro atoms. The quantitative estimate of drug-likeness (QED) is 0.431. The molecule has 0 fully saturated rings. The minimum Gasteiger partial charge on any atom is -0.289 e. The van der Waals surface area contributed by atoms with E-state index in [4.69, 9.17) is 0 Å². The van der Waals surface area contributed by atoms with Gasteiger partial charge in [0.2, 0.25) is 0 Å². The predicted molar refractivity (Wildman–Crippen MR) is 107 cm³/mol. The van der Waals surface area contributed by atoms with Crippen LogP contribution < -0.4 is 0 Å². The van der Waals surface area contributed by atoms with Gasteiger partial charge in [0.1, 0.15) is 0 Å². The highest BCUT2D eigenvalue weighted by atomic mass is 127. The van der Waals surface area contributed by atoms with Gasteiger partial charge in [0.25, 0.3) is 0 Å². The molecule has 2 rings (SSSR count). The fourth-order valence-electron chi connectivity index (χ4n) is 3.19. The van der Waals surface area contributed by atoms with E-state index in [-0.39, 0.29) is 5.78 Å². The van der Waals surface area contributed by atoms with Gasteiger partial charge in [-0.3, -0.25) is 4.79 Å². The van der Waals surface area contributed by atoms with Gasteiger partial charge in [-0.15, -0.1) is 0 Å². The Bertz CT molecular complexity index is 800. The molecule has 1 nitrogen and oxygen atoms in total. The second-order valence-electron chi connectivity index (χ2n) is 6.63. The van der Waals surface area contributed by atoms with Crippen LogP contribution in [0.1, 0.15) is 60.4 Å². The molecule has 0 bridgehead atoms. The summed E-state index contributed by atoms with van der Waals surface area (Å²) < 4.78 is 1.07. The van der Waals surface area contributed by atoms with Crippen molar-refractivity contribution in [3.63, 3.8) is 0 Å². The molecular formula is C21H25IO. The fourth-order valence-corrected chi connectivity index (χ4v) is 4.00. The normalized spacial score (nSPS) is 11.0. The molecule has 0 heterocycles. The lowest BCUT2D eigenvalue weighted by Crippen LogP contribution is -2.13. The Kier molecular flexibility index (Phi) is 5.05. The molecule has 0 amide bonds. The maximum Gasteiger partial charge on any atom is 0.194 e. The molecule has 0 atom stereocenters. The summed E-state index contributed by atoms with van der Waals surface area (Å²) in [6, 6.07) is 2.05. The first kappa shape index (κ1) is 18.2. The van der Waals surface area contributed by atoms with Crippen molar-refractivity contribution in [1.82, 2.24) is 0 Å².